The van der Waals surface area contributed by atoms with E-state index in [1.807, 2.05) is 6.20 Å². The van der Waals surface area contributed by atoms with Crippen LogP contribution in [0.1, 0.15) is 5.82 Å². The highest BCUT2D eigenvalue weighted by Gasteiger charge is 2.16. The van der Waals surface area contributed by atoms with Crippen molar-refractivity contribution in [3.63, 3.8) is 0 Å². The number of morpholine rings is 1. The Balaban J connectivity index is 1.65. The lowest BCUT2D eigenvalue weighted by molar-refractivity contribution is -0.0182. The predicted molar refractivity (Wildman–Crippen MR) is 57.5 cm³/mol. The first kappa shape index (κ1) is 10.6. The standard InChI is InChI=1S/C10H18N4O/c1-14-4-5-15-9(8-14)6-11-7-10-12-2-3-13-10/h2-3,9,11H,4-8H2,1H3,(H,12,13)/t9-/m1/s1. The quantitative estimate of drug-likeness (QED) is 0.724. The molecule has 1 aromatic rings. The summed E-state index contributed by atoms with van der Waals surface area (Å²) in [6, 6.07) is 0. The summed E-state index contributed by atoms with van der Waals surface area (Å²) in [4.78, 5) is 9.50. The zero-order valence-corrected chi connectivity index (χ0v) is 9.07. The maximum absolute atomic E-state index is 5.63. The molecule has 0 bridgehead atoms. The topological polar surface area (TPSA) is 53.2 Å². The van der Waals surface area contributed by atoms with Gasteiger partial charge >= 0.3 is 0 Å². The van der Waals surface area contributed by atoms with Crippen LogP contribution in [0, 0.1) is 0 Å². The number of ether oxygens (including phenoxy) is 1. The molecule has 0 spiro atoms. The molecular weight excluding hydrogens is 192 g/mol. The Hall–Kier alpha value is -0.910. The number of H-pyrrole nitrogens is 1. The zero-order valence-electron chi connectivity index (χ0n) is 9.07. The van der Waals surface area contributed by atoms with Gasteiger partial charge in [0, 0.05) is 32.0 Å². The molecule has 1 aliphatic heterocycles. The van der Waals surface area contributed by atoms with Gasteiger partial charge in [-0.3, -0.25) is 0 Å². The van der Waals surface area contributed by atoms with Crippen molar-refractivity contribution in [2.24, 2.45) is 0 Å². The maximum atomic E-state index is 5.63. The summed E-state index contributed by atoms with van der Waals surface area (Å²) in [6.07, 6.45) is 3.91. The van der Waals surface area contributed by atoms with E-state index in [1.165, 1.54) is 0 Å². The lowest BCUT2D eigenvalue weighted by Crippen LogP contribution is -2.44. The highest BCUT2D eigenvalue weighted by molar-refractivity contribution is 4.86. The minimum Gasteiger partial charge on any atom is -0.374 e. The lowest BCUT2D eigenvalue weighted by Gasteiger charge is -2.30. The molecule has 0 saturated carbocycles. The molecule has 5 heteroatoms. The van der Waals surface area contributed by atoms with Crippen LogP contribution in [0.2, 0.25) is 0 Å². The van der Waals surface area contributed by atoms with Crippen molar-refractivity contribution in [2.75, 3.05) is 33.3 Å². The van der Waals surface area contributed by atoms with Gasteiger partial charge in [-0.05, 0) is 7.05 Å². The number of nitrogens with zero attached hydrogens (tertiary/aromatic N) is 2. The van der Waals surface area contributed by atoms with Gasteiger partial charge in [0.25, 0.3) is 0 Å². The molecule has 0 aromatic carbocycles. The third-order valence-corrected chi connectivity index (χ3v) is 2.56. The number of hydrogen-bond acceptors (Lipinski definition) is 4. The molecule has 2 N–H and O–H groups in total. The number of imidazole rings is 1. The van der Waals surface area contributed by atoms with Crippen LogP contribution in [0.4, 0.5) is 0 Å². The van der Waals surface area contributed by atoms with E-state index in [0.29, 0.717) is 6.10 Å². The molecule has 1 fully saturated rings. The highest BCUT2D eigenvalue weighted by Crippen LogP contribution is 2.01. The van der Waals surface area contributed by atoms with Gasteiger partial charge in [-0.1, -0.05) is 0 Å². The molecule has 84 valence electrons. The number of aromatic nitrogens is 2. The SMILES string of the molecule is CN1CCO[C@H](CNCc2ncc[nH]2)C1. The van der Waals surface area contributed by atoms with E-state index in [1.54, 1.807) is 6.20 Å². The Kier molecular flexibility index (Phi) is 3.71. The van der Waals surface area contributed by atoms with E-state index in [4.69, 9.17) is 4.74 Å². The Bertz CT molecular complexity index is 275. The van der Waals surface area contributed by atoms with Crippen molar-refractivity contribution in [3.8, 4) is 0 Å². The first-order valence-corrected chi connectivity index (χ1v) is 5.34. The second-order valence-corrected chi connectivity index (χ2v) is 3.92. The third kappa shape index (κ3) is 3.30. The van der Waals surface area contributed by atoms with E-state index < -0.39 is 0 Å². The van der Waals surface area contributed by atoms with Crippen molar-refractivity contribution in [3.05, 3.63) is 18.2 Å². The maximum Gasteiger partial charge on any atom is 0.120 e. The molecule has 2 rings (SSSR count). The van der Waals surface area contributed by atoms with Crippen LogP contribution in [0.5, 0.6) is 0 Å². The molecule has 0 radical (unpaired) electrons. The van der Waals surface area contributed by atoms with Gasteiger partial charge in [-0.25, -0.2) is 4.98 Å². The molecule has 0 unspecified atom stereocenters. The van der Waals surface area contributed by atoms with Crippen LogP contribution in [-0.2, 0) is 11.3 Å². The fourth-order valence-electron chi connectivity index (χ4n) is 1.74. The Morgan fingerprint density at radius 3 is 3.40 bits per heavy atom. The van der Waals surface area contributed by atoms with E-state index >= 15 is 0 Å². The second kappa shape index (κ2) is 5.25. The second-order valence-electron chi connectivity index (χ2n) is 3.92. The summed E-state index contributed by atoms with van der Waals surface area (Å²) in [5.74, 6) is 0.971. The summed E-state index contributed by atoms with van der Waals surface area (Å²) in [5.41, 5.74) is 0. The summed E-state index contributed by atoms with van der Waals surface area (Å²) in [6.45, 7) is 4.53. The average Bonchev–Trinajstić information content (AvgIpc) is 2.71. The van der Waals surface area contributed by atoms with Crippen molar-refractivity contribution in [2.45, 2.75) is 12.6 Å². The van der Waals surface area contributed by atoms with Gasteiger partial charge in [-0.15, -0.1) is 0 Å². The number of aromatic amines is 1. The normalized spacial score (nSPS) is 23.1. The summed E-state index contributed by atoms with van der Waals surface area (Å²) < 4.78 is 5.63. The van der Waals surface area contributed by atoms with E-state index in [-0.39, 0.29) is 0 Å². The van der Waals surface area contributed by atoms with Crippen LogP contribution >= 0.6 is 0 Å². The summed E-state index contributed by atoms with van der Waals surface area (Å²) >= 11 is 0. The number of likely N-dealkylation sites (N-methyl/N-ethyl adjacent to an activating group) is 1. The van der Waals surface area contributed by atoms with E-state index in [0.717, 1.165) is 38.6 Å². The van der Waals surface area contributed by atoms with Gasteiger partial charge in [-0.2, -0.15) is 0 Å². The molecule has 1 aliphatic rings. The first-order chi connectivity index (χ1) is 7.34. The highest BCUT2D eigenvalue weighted by atomic mass is 16.5. The van der Waals surface area contributed by atoms with Crippen LogP contribution in [-0.4, -0.2) is 54.3 Å². The molecule has 5 nitrogen and oxygen atoms in total. The van der Waals surface area contributed by atoms with Gasteiger partial charge in [0.2, 0.25) is 0 Å². The van der Waals surface area contributed by atoms with Crippen LogP contribution < -0.4 is 5.32 Å². The average molecular weight is 210 g/mol. The largest absolute Gasteiger partial charge is 0.374 e. The molecule has 15 heavy (non-hydrogen) atoms. The summed E-state index contributed by atoms with van der Waals surface area (Å²) in [7, 11) is 2.13. The minimum absolute atomic E-state index is 0.304. The smallest absolute Gasteiger partial charge is 0.120 e. The predicted octanol–water partition coefficient (Wildman–Crippen LogP) is -0.170. The molecule has 1 aromatic heterocycles. The van der Waals surface area contributed by atoms with E-state index in [2.05, 4.69) is 27.2 Å². The fourth-order valence-corrected chi connectivity index (χ4v) is 1.74. The van der Waals surface area contributed by atoms with Crippen LogP contribution in [0.15, 0.2) is 12.4 Å². The Morgan fingerprint density at radius 1 is 1.73 bits per heavy atom. The number of rotatable bonds is 4. The summed E-state index contributed by atoms with van der Waals surface area (Å²) in [5, 5.41) is 3.33. The number of hydrogen-bond donors (Lipinski definition) is 2. The third-order valence-electron chi connectivity index (χ3n) is 2.56. The molecule has 0 amide bonds. The van der Waals surface area contributed by atoms with Gasteiger partial charge in [0.15, 0.2) is 0 Å². The Morgan fingerprint density at radius 2 is 2.67 bits per heavy atom. The number of nitrogens with one attached hydrogen (secondary N) is 2. The monoisotopic (exact) mass is 210 g/mol. The van der Waals surface area contributed by atoms with Crippen LogP contribution in [0.3, 0.4) is 0 Å². The first-order valence-electron chi connectivity index (χ1n) is 5.34. The van der Waals surface area contributed by atoms with Crippen molar-refractivity contribution in [1.82, 2.24) is 20.2 Å². The lowest BCUT2D eigenvalue weighted by atomic mass is 10.3. The minimum atomic E-state index is 0.304. The molecule has 0 aliphatic carbocycles. The van der Waals surface area contributed by atoms with Crippen molar-refractivity contribution >= 4 is 0 Å². The molecule has 1 atom stereocenters. The Labute approximate surface area is 89.8 Å². The molecule has 2 heterocycles. The van der Waals surface area contributed by atoms with Crippen LogP contribution in [0.25, 0.3) is 0 Å². The van der Waals surface area contributed by atoms with Gasteiger partial charge < -0.3 is 19.9 Å². The van der Waals surface area contributed by atoms with Gasteiger partial charge in [0.05, 0.1) is 19.3 Å². The molecular formula is C10H18N4O. The zero-order chi connectivity index (χ0) is 10.5. The van der Waals surface area contributed by atoms with E-state index in [9.17, 15) is 0 Å². The molecule has 1 saturated heterocycles. The van der Waals surface area contributed by atoms with Crippen molar-refractivity contribution in [1.29, 1.82) is 0 Å². The van der Waals surface area contributed by atoms with Crippen molar-refractivity contribution < 1.29 is 4.74 Å². The van der Waals surface area contributed by atoms with Gasteiger partial charge in [0.1, 0.15) is 5.82 Å². The fraction of sp³-hybridized carbons (Fsp3) is 0.700.